The van der Waals surface area contributed by atoms with Gasteiger partial charge in [-0.25, -0.2) is 9.37 Å². The fraction of sp³-hybridized carbons (Fsp3) is 0.167. The standard InChI is InChI=1S/C24H22FN3O4/c1-13-17(6-14-7-21(31-2)23(29)22(8-14)32-3)16-5-4-15(25)9-18(16)19(13)10-27-24(30)20-11-26-12-28-20/h4-9,11-12,29H,10H2,1-3H3,(H,26,28)(H,27,30)/b17-6-. The Morgan fingerprint density at radius 3 is 2.53 bits per heavy atom. The molecule has 0 saturated heterocycles. The Kier molecular flexibility index (Phi) is 5.68. The lowest BCUT2D eigenvalue weighted by molar-refractivity contribution is 0.0954. The summed E-state index contributed by atoms with van der Waals surface area (Å²) < 4.78 is 24.6. The van der Waals surface area contributed by atoms with Crippen LogP contribution in [0.4, 0.5) is 4.39 Å². The van der Waals surface area contributed by atoms with Crippen molar-refractivity contribution in [2.75, 3.05) is 20.8 Å². The smallest absolute Gasteiger partial charge is 0.271 e. The predicted octanol–water partition coefficient (Wildman–Crippen LogP) is 4.03. The van der Waals surface area contributed by atoms with Crippen LogP contribution in [-0.2, 0) is 0 Å². The Labute approximate surface area is 184 Å². The molecule has 32 heavy (non-hydrogen) atoms. The maximum absolute atomic E-state index is 14.1. The second kappa shape index (κ2) is 8.58. The summed E-state index contributed by atoms with van der Waals surface area (Å²) in [5.74, 6) is -0.208. The number of carbonyl (C=O) groups excluding carboxylic acids is 1. The molecule has 1 aliphatic carbocycles. The molecule has 2 aromatic carbocycles. The summed E-state index contributed by atoms with van der Waals surface area (Å²) >= 11 is 0. The average Bonchev–Trinajstić information content (AvgIpc) is 3.41. The molecule has 0 saturated carbocycles. The highest BCUT2D eigenvalue weighted by atomic mass is 19.1. The number of carbonyl (C=O) groups is 1. The number of rotatable bonds is 6. The molecule has 0 unspecified atom stereocenters. The first kappa shape index (κ1) is 21.2. The van der Waals surface area contributed by atoms with E-state index < -0.39 is 0 Å². The number of ether oxygens (including phenoxy) is 2. The summed E-state index contributed by atoms with van der Waals surface area (Å²) in [6.07, 6.45) is 4.86. The molecule has 0 spiro atoms. The molecule has 1 aliphatic rings. The largest absolute Gasteiger partial charge is 0.502 e. The van der Waals surface area contributed by atoms with E-state index in [1.165, 1.54) is 38.9 Å². The van der Waals surface area contributed by atoms with Crippen molar-refractivity contribution in [1.29, 1.82) is 0 Å². The van der Waals surface area contributed by atoms with Gasteiger partial charge in [0.05, 0.1) is 20.5 Å². The monoisotopic (exact) mass is 435 g/mol. The second-order valence-corrected chi connectivity index (χ2v) is 7.26. The number of halogens is 1. The van der Waals surface area contributed by atoms with Gasteiger partial charge >= 0.3 is 0 Å². The summed E-state index contributed by atoms with van der Waals surface area (Å²) in [5.41, 5.74) is 5.17. The number of aromatic hydroxyl groups is 1. The average molecular weight is 435 g/mol. The summed E-state index contributed by atoms with van der Waals surface area (Å²) in [5, 5.41) is 13.0. The molecule has 164 valence electrons. The van der Waals surface area contributed by atoms with Crippen LogP contribution in [0.5, 0.6) is 17.2 Å². The van der Waals surface area contributed by atoms with Crippen molar-refractivity contribution in [2.45, 2.75) is 6.92 Å². The zero-order chi connectivity index (χ0) is 22.8. The van der Waals surface area contributed by atoms with Crippen molar-refractivity contribution in [2.24, 2.45) is 0 Å². The highest BCUT2D eigenvalue weighted by Crippen LogP contribution is 2.44. The van der Waals surface area contributed by atoms with Crippen LogP contribution in [0.25, 0.3) is 17.2 Å². The number of methoxy groups -OCH3 is 2. The molecule has 0 radical (unpaired) electrons. The molecule has 8 heteroatoms. The van der Waals surface area contributed by atoms with Gasteiger partial charge in [0.15, 0.2) is 11.5 Å². The lowest BCUT2D eigenvalue weighted by Crippen LogP contribution is -2.25. The summed E-state index contributed by atoms with van der Waals surface area (Å²) in [7, 11) is 2.93. The van der Waals surface area contributed by atoms with E-state index in [1.807, 2.05) is 13.0 Å². The van der Waals surface area contributed by atoms with Crippen LogP contribution in [0, 0.1) is 5.82 Å². The van der Waals surface area contributed by atoms with Gasteiger partial charge in [0.25, 0.3) is 5.91 Å². The SMILES string of the molecule is COc1cc(/C=C2/C(C)=C(CNC(=O)c3c[nH]cn3)c3cc(F)ccc32)cc(OC)c1O. The molecule has 0 aliphatic heterocycles. The third-order valence-corrected chi connectivity index (χ3v) is 5.42. The molecule has 0 bridgehead atoms. The van der Waals surface area contributed by atoms with E-state index in [4.69, 9.17) is 9.47 Å². The fourth-order valence-electron chi connectivity index (χ4n) is 3.79. The van der Waals surface area contributed by atoms with E-state index in [2.05, 4.69) is 15.3 Å². The zero-order valence-corrected chi connectivity index (χ0v) is 17.8. The molecule has 7 nitrogen and oxygen atoms in total. The van der Waals surface area contributed by atoms with Crippen molar-refractivity contribution < 1.29 is 23.8 Å². The van der Waals surface area contributed by atoms with Gasteiger partial charge in [-0.15, -0.1) is 0 Å². The number of amides is 1. The Bertz CT molecular complexity index is 1220. The number of aromatic amines is 1. The fourth-order valence-corrected chi connectivity index (χ4v) is 3.79. The molecule has 1 aromatic heterocycles. The van der Waals surface area contributed by atoms with Crippen molar-refractivity contribution in [1.82, 2.24) is 15.3 Å². The van der Waals surface area contributed by atoms with Crippen molar-refractivity contribution in [3.63, 3.8) is 0 Å². The molecule has 0 fully saturated rings. The molecule has 3 aromatic rings. The summed E-state index contributed by atoms with van der Waals surface area (Å²) in [6.45, 7) is 2.14. The Hall–Kier alpha value is -4.07. The normalized spacial score (nSPS) is 13.9. The van der Waals surface area contributed by atoms with Crippen molar-refractivity contribution in [3.8, 4) is 17.2 Å². The first-order chi connectivity index (χ1) is 15.4. The molecule has 0 atom stereocenters. The van der Waals surface area contributed by atoms with E-state index in [9.17, 15) is 14.3 Å². The predicted molar refractivity (Wildman–Crippen MR) is 119 cm³/mol. The third kappa shape index (κ3) is 3.82. The minimum absolute atomic E-state index is 0.0833. The molecular weight excluding hydrogens is 413 g/mol. The van der Waals surface area contributed by atoms with Gasteiger partial charge in [-0.1, -0.05) is 6.07 Å². The quantitative estimate of drug-likeness (QED) is 0.543. The maximum Gasteiger partial charge on any atom is 0.271 e. The van der Waals surface area contributed by atoms with E-state index in [-0.39, 0.29) is 41.2 Å². The van der Waals surface area contributed by atoms with Gasteiger partial charge in [0.2, 0.25) is 5.75 Å². The van der Waals surface area contributed by atoms with Crippen LogP contribution in [0.2, 0.25) is 0 Å². The first-order valence-corrected chi connectivity index (χ1v) is 9.87. The number of imidazole rings is 1. The van der Waals surface area contributed by atoms with Crippen LogP contribution in [0.15, 0.2) is 48.4 Å². The number of benzene rings is 2. The molecule has 1 heterocycles. The minimum Gasteiger partial charge on any atom is -0.502 e. The Morgan fingerprint density at radius 1 is 1.19 bits per heavy atom. The van der Waals surface area contributed by atoms with Crippen LogP contribution in [-0.4, -0.2) is 41.7 Å². The van der Waals surface area contributed by atoms with E-state index in [0.717, 1.165) is 27.8 Å². The molecule has 4 rings (SSSR count). The van der Waals surface area contributed by atoms with Crippen LogP contribution in [0.1, 0.15) is 34.1 Å². The summed E-state index contributed by atoms with van der Waals surface area (Å²) in [4.78, 5) is 19.0. The number of hydrogen-bond acceptors (Lipinski definition) is 5. The number of phenolic OH excluding ortho intramolecular Hbond substituents is 1. The minimum atomic E-state index is -0.359. The van der Waals surface area contributed by atoms with Crippen molar-refractivity contribution in [3.05, 3.63) is 76.6 Å². The van der Waals surface area contributed by atoms with Gasteiger partial charge in [0, 0.05) is 12.7 Å². The van der Waals surface area contributed by atoms with Crippen LogP contribution >= 0.6 is 0 Å². The number of phenols is 1. The lowest BCUT2D eigenvalue weighted by atomic mass is 10.00. The lowest BCUT2D eigenvalue weighted by Gasteiger charge is -2.11. The van der Waals surface area contributed by atoms with Crippen LogP contribution < -0.4 is 14.8 Å². The van der Waals surface area contributed by atoms with Gasteiger partial charge in [-0.3, -0.25) is 4.79 Å². The van der Waals surface area contributed by atoms with E-state index in [1.54, 1.807) is 18.2 Å². The highest BCUT2D eigenvalue weighted by molar-refractivity contribution is 6.06. The number of fused-ring (bicyclic) bond motifs is 1. The molecule has 1 amide bonds. The highest BCUT2D eigenvalue weighted by Gasteiger charge is 2.25. The van der Waals surface area contributed by atoms with Gasteiger partial charge in [0.1, 0.15) is 11.5 Å². The van der Waals surface area contributed by atoms with E-state index in [0.29, 0.717) is 5.56 Å². The van der Waals surface area contributed by atoms with Gasteiger partial charge in [-0.2, -0.15) is 0 Å². The van der Waals surface area contributed by atoms with Crippen molar-refractivity contribution >= 4 is 23.1 Å². The second-order valence-electron chi connectivity index (χ2n) is 7.26. The Balaban J connectivity index is 1.75. The maximum atomic E-state index is 14.1. The van der Waals surface area contributed by atoms with Gasteiger partial charge < -0.3 is 24.9 Å². The van der Waals surface area contributed by atoms with Gasteiger partial charge in [-0.05, 0) is 70.7 Å². The number of H-pyrrole nitrogens is 1. The van der Waals surface area contributed by atoms with E-state index >= 15 is 0 Å². The topological polar surface area (TPSA) is 96.5 Å². The molecular formula is C24H22FN3O4. The number of nitrogens with zero attached hydrogens (tertiary/aromatic N) is 1. The third-order valence-electron chi connectivity index (χ3n) is 5.42. The number of hydrogen-bond donors (Lipinski definition) is 3. The van der Waals surface area contributed by atoms with Crippen LogP contribution in [0.3, 0.4) is 0 Å². The summed E-state index contributed by atoms with van der Waals surface area (Å²) in [6, 6.07) is 7.98. The Morgan fingerprint density at radius 2 is 1.91 bits per heavy atom. The first-order valence-electron chi connectivity index (χ1n) is 9.87. The number of allylic oxidation sites excluding steroid dienone is 2. The molecule has 3 N–H and O–H groups in total. The zero-order valence-electron chi connectivity index (χ0n) is 17.8. The number of nitrogens with one attached hydrogen (secondary N) is 2. The number of aromatic nitrogens is 2.